The van der Waals surface area contributed by atoms with Gasteiger partial charge >= 0.3 is 0 Å². The summed E-state index contributed by atoms with van der Waals surface area (Å²) in [6.07, 6.45) is 2.02. The summed E-state index contributed by atoms with van der Waals surface area (Å²) in [7, 11) is -3.87. The maximum absolute atomic E-state index is 13.7. The molecular weight excluding hydrogens is 533 g/mol. The van der Waals surface area contributed by atoms with Crippen LogP contribution in [0.25, 0.3) is 0 Å². The van der Waals surface area contributed by atoms with Crippen LogP contribution < -0.4 is 9.62 Å². The summed E-state index contributed by atoms with van der Waals surface area (Å²) in [5.41, 5.74) is 0.745. The number of carbonyl (C=O) groups is 2. The fourth-order valence-electron chi connectivity index (χ4n) is 3.44. The van der Waals surface area contributed by atoms with Crippen LogP contribution in [0.1, 0.15) is 39.2 Å². The van der Waals surface area contributed by atoms with Crippen molar-refractivity contribution in [1.29, 1.82) is 0 Å². The highest BCUT2D eigenvalue weighted by Gasteiger charge is 2.33. The van der Waals surface area contributed by atoms with Gasteiger partial charge in [0, 0.05) is 22.6 Å². The SMILES string of the molecule is CCC(C)NC(=O)C(CC)N(Cc1ccc(Cl)cc1Cl)C(=O)CN(c1ccccc1Cl)S(C)(=O)=O. The fraction of sp³-hybridized carbons (Fsp3) is 0.417. The average Bonchev–Trinajstić information content (AvgIpc) is 2.78. The highest BCUT2D eigenvalue weighted by molar-refractivity contribution is 7.92. The first-order valence-electron chi connectivity index (χ1n) is 11.1. The van der Waals surface area contributed by atoms with Crippen LogP contribution in [0.5, 0.6) is 0 Å². The van der Waals surface area contributed by atoms with Crippen molar-refractivity contribution >= 4 is 62.3 Å². The molecule has 0 spiro atoms. The fourth-order valence-corrected chi connectivity index (χ4v) is 5.06. The minimum absolute atomic E-state index is 0.0125. The van der Waals surface area contributed by atoms with Gasteiger partial charge in [-0.1, -0.05) is 66.8 Å². The highest BCUT2D eigenvalue weighted by atomic mass is 35.5. The van der Waals surface area contributed by atoms with E-state index in [4.69, 9.17) is 34.8 Å². The Bertz CT molecular complexity index is 1160. The Labute approximate surface area is 222 Å². The van der Waals surface area contributed by atoms with E-state index in [2.05, 4.69) is 5.32 Å². The molecule has 2 rings (SSSR count). The predicted octanol–water partition coefficient (Wildman–Crippen LogP) is 5.13. The number of nitrogens with one attached hydrogen (secondary N) is 1. The number of rotatable bonds is 11. The summed E-state index contributed by atoms with van der Waals surface area (Å²) in [6.45, 7) is 5.04. The molecule has 2 aromatic carbocycles. The van der Waals surface area contributed by atoms with Gasteiger partial charge in [-0.15, -0.1) is 0 Å². The number of amides is 2. The number of hydrogen-bond donors (Lipinski definition) is 1. The molecule has 0 saturated carbocycles. The molecule has 0 saturated heterocycles. The van der Waals surface area contributed by atoms with E-state index in [9.17, 15) is 18.0 Å². The molecule has 11 heteroatoms. The Morgan fingerprint density at radius 3 is 2.20 bits per heavy atom. The minimum Gasteiger partial charge on any atom is -0.352 e. The van der Waals surface area contributed by atoms with Crippen molar-refractivity contribution in [2.75, 3.05) is 17.1 Å². The number of nitrogens with zero attached hydrogens (tertiary/aromatic N) is 2. The van der Waals surface area contributed by atoms with Crippen LogP contribution in [0.2, 0.25) is 15.1 Å². The van der Waals surface area contributed by atoms with Gasteiger partial charge in [0.15, 0.2) is 0 Å². The summed E-state index contributed by atoms with van der Waals surface area (Å²) in [5, 5.41) is 3.85. The largest absolute Gasteiger partial charge is 0.352 e. The van der Waals surface area contributed by atoms with Crippen molar-refractivity contribution in [3.05, 3.63) is 63.1 Å². The lowest BCUT2D eigenvalue weighted by atomic mass is 10.1. The molecule has 35 heavy (non-hydrogen) atoms. The number of halogens is 3. The second kappa shape index (κ2) is 12.8. The van der Waals surface area contributed by atoms with Crippen molar-refractivity contribution in [3.8, 4) is 0 Å². The van der Waals surface area contributed by atoms with Crippen molar-refractivity contribution in [2.45, 2.75) is 52.2 Å². The lowest BCUT2D eigenvalue weighted by Gasteiger charge is -2.33. The number of benzene rings is 2. The maximum Gasteiger partial charge on any atom is 0.244 e. The Balaban J connectivity index is 2.49. The van der Waals surface area contributed by atoms with Crippen molar-refractivity contribution in [2.24, 2.45) is 0 Å². The third kappa shape index (κ3) is 8.00. The first-order valence-corrected chi connectivity index (χ1v) is 14.1. The van der Waals surface area contributed by atoms with E-state index in [0.29, 0.717) is 28.5 Å². The van der Waals surface area contributed by atoms with Gasteiger partial charge in [-0.2, -0.15) is 0 Å². The number of sulfonamides is 1. The first kappa shape index (κ1) is 29.2. The van der Waals surface area contributed by atoms with Gasteiger partial charge < -0.3 is 10.2 Å². The molecular formula is C24H30Cl3N3O4S. The molecule has 0 aliphatic rings. The van der Waals surface area contributed by atoms with E-state index in [1.807, 2.05) is 13.8 Å². The zero-order valence-electron chi connectivity index (χ0n) is 20.1. The van der Waals surface area contributed by atoms with Gasteiger partial charge in [-0.05, 0) is 49.6 Å². The minimum atomic E-state index is -3.87. The van der Waals surface area contributed by atoms with Gasteiger partial charge in [0.05, 0.1) is 17.0 Å². The lowest BCUT2D eigenvalue weighted by Crippen LogP contribution is -2.53. The highest BCUT2D eigenvalue weighted by Crippen LogP contribution is 2.28. The number of para-hydroxylation sites is 1. The molecule has 0 radical (unpaired) electrons. The first-order chi connectivity index (χ1) is 16.4. The molecule has 0 aromatic heterocycles. The summed E-state index contributed by atoms with van der Waals surface area (Å²) >= 11 is 18.6. The van der Waals surface area contributed by atoms with Crippen LogP contribution in [0.15, 0.2) is 42.5 Å². The zero-order valence-corrected chi connectivity index (χ0v) is 23.2. The number of carbonyl (C=O) groups excluding carboxylic acids is 2. The van der Waals surface area contributed by atoms with Crippen molar-refractivity contribution in [1.82, 2.24) is 10.2 Å². The average molecular weight is 563 g/mol. The van der Waals surface area contributed by atoms with E-state index in [1.54, 1.807) is 43.3 Å². The van der Waals surface area contributed by atoms with Crippen LogP contribution in [-0.4, -0.2) is 50.0 Å². The molecule has 2 atom stereocenters. The van der Waals surface area contributed by atoms with Gasteiger partial charge in [0.25, 0.3) is 0 Å². The monoisotopic (exact) mass is 561 g/mol. The number of hydrogen-bond acceptors (Lipinski definition) is 4. The van der Waals surface area contributed by atoms with E-state index >= 15 is 0 Å². The molecule has 0 aliphatic heterocycles. The van der Waals surface area contributed by atoms with Crippen molar-refractivity contribution < 1.29 is 18.0 Å². The Kier molecular flexibility index (Phi) is 10.7. The standard InChI is InChI=1S/C24H30Cl3N3O4S/c1-5-16(3)28-24(32)21(6-2)29(14-17-11-12-18(25)13-20(17)27)23(31)15-30(35(4,33)34)22-10-8-7-9-19(22)26/h7-13,16,21H,5-6,14-15H2,1-4H3,(H,28,32). The van der Waals surface area contributed by atoms with Gasteiger partial charge in [0.2, 0.25) is 21.8 Å². The summed E-state index contributed by atoms with van der Waals surface area (Å²) < 4.78 is 26.2. The summed E-state index contributed by atoms with van der Waals surface area (Å²) in [4.78, 5) is 28.1. The van der Waals surface area contributed by atoms with Gasteiger partial charge in [0.1, 0.15) is 12.6 Å². The summed E-state index contributed by atoms with van der Waals surface area (Å²) in [5.74, 6) is -0.906. The van der Waals surface area contributed by atoms with Crippen LogP contribution in [0.4, 0.5) is 5.69 Å². The van der Waals surface area contributed by atoms with Crippen LogP contribution in [0.3, 0.4) is 0 Å². The Morgan fingerprint density at radius 1 is 1.00 bits per heavy atom. The second-order valence-corrected chi connectivity index (χ2v) is 11.4. The maximum atomic E-state index is 13.7. The molecule has 0 heterocycles. The molecule has 1 N–H and O–H groups in total. The van der Waals surface area contributed by atoms with Crippen molar-refractivity contribution in [3.63, 3.8) is 0 Å². The lowest BCUT2D eigenvalue weighted by molar-refractivity contribution is -0.140. The molecule has 2 amide bonds. The van der Waals surface area contributed by atoms with Crippen LogP contribution in [-0.2, 0) is 26.2 Å². The molecule has 7 nitrogen and oxygen atoms in total. The predicted molar refractivity (Wildman–Crippen MR) is 143 cm³/mol. The molecule has 192 valence electrons. The van der Waals surface area contributed by atoms with E-state index in [0.717, 1.165) is 10.6 Å². The van der Waals surface area contributed by atoms with E-state index in [1.165, 1.54) is 11.0 Å². The molecule has 2 aromatic rings. The third-order valence-electron chi connectivity index (χ3n) is 5.54. The van der Waals surface area contributed by atoms with Crippen LogP contribution in [0, 0.1) is 0 Å². The third-order valence-corrected chi connectivity index (χ3v) is 7.58. The second-order valence-electron chi connectivity index (χ2n) is 8.22. The molecule has 2 unspecified atom stereocenters. The normalized spacial score (nSPS) is 13.1. The topological polar surface area (TPSA) is 86.8 Å². The molecule has 0 bridgehead atoms. The van der Waals surface area contributed by atoms with Crippen LogP contribution >= 0.6 is 34.8 Å². The Hall–Kier alpha value is -2.00. The quantitative estimate of drug-likeness (QED) is 0.411. The van der Waals surface area contributed by atoms with Gasteiger partial charge in [-0.3, -0.25) is 13.9 Å². The van der Waals surface area contributed by atoms with Gasteiger partial charge in [-0.25, -0.2) is 8.42 Å². The smallest absolute Gasteiger partial charge is 0.244 e. The van der Waals surface area contributed by atoms with E-state index in [-0.39, 0.29) is 29.2 Å². The molecule has 0 aliphatic carbocycles. The van der Waals surface area contributed by atoms with E-state index < -0.39 is 28.5 Å². The molecule has 0 fully saturated rings. The summed E-state index contributed by atoms with van der Waals surface area (Å²) in [6, 6.07) is 10.3. The zero-order chi connectivity index (χ0) is 26.3. The number of anilines is 1. The Morgan fingerprint density at radius 2 is 1.66 bits per heavy atom.